The molecule has 0 fully saturated rings. The van der Waals surface area contributed by atoms with E-state index in [4.69, 9.17) is 0 Å². The second-order valence-electron chi connectivity index (χ2n) is 5.84. The average Bonchev–Trinajstić information content (AvgIpc) is 2.64. The molecule has 1 N–H and O–H groups in total. The maximum Gasteiger partial charge on any atom is 0.158 e. The van der Waals surface area contributed by atoms with Crippen molar-refractivity contribution in [3.05, 3.63) is 108 Å². The molecule has 0 amide bonds. The van der Waals surface area contributed by atoms with Gasteiger partial charge < -0.3 is 0 Å². The first kappa shape index (κ1) is 16.2. The van der Waals surface area contributed by atoms with Gasteiger partial charge in [0.05, 0.1) is 6.04 Å². The van der Waals surface area contributed by atoms with Gasteiger partial charge in [0, 0.05) is 13.0 Å². The Bertz CT molecular complexity index is 754. The van der Waals surface area contributed by atoms with Crippen molar-refractivity contribution in [3.8, 4) is 0 Å². The molecule has 0 aliphatic carbocycles. The van der Waals surface area contributed by atoms with E-state index >= 15 is 0 Å². The molecule has 1 atom stereocenters. The van der Waals surface area contributed by atoms with Crippen LogP contribution >= 0.6 is 0 Å². The summed E-state index contributed by atoms with van der Waals surface area (Å²) in [4.78, 5) is 12.9. The lowest BCUT2D eigenvalue weighted by atomic mass is 9.97. The molecular formula is C22H21NO. The lowest BCUT2D eigenvalue weighted by Gasteiger charge is -2.18. The fraction of sp³-hybridized carbons (Fsp3) is 0.136. The van der Waals surface area contributed by atoms with Gasteiger partial charge in [-0.1, -0.05) is 91.0 Å². The largest absolute Gasteiger partial charge is 0.300 e. The Morgan fingerprint density at radius 3 is 1.79 bits per heavy atom. The SMILES string of the molecule is O=C(Cc1ccccc1)C(NCc1ccccc1)c1ccccc1. The van der Waals surface area contributed by atoms with E-state index in [1.807, 2.05) is 78.9 Å². The lowest BCUT2D eigenvalue weighted by molar-refractivity contribution is -0.120. The van der Waals surface area contributed by atoms with Crippen molar-refractivity contribution in [2.45, 2.75) is 19.0 Å². The summed E-state index contributed by atoms with van der Waals surface area (Å²) in [5, 5.41) is 3.42. The third-order valence-corrected chi connectivity index (χ3v) is 4.03. The molecule has 0 saturated heterocycles. The maximum absolute atomic E-state index is 12.9. The molecule has 0 spiro atoms. The van der Waals surface area contributed by atoms with Crippen LogP contribution in [0, 0.1) is 0 Å². The predicted octanol–water partition coefficient (Wildman–Crippen LogP) is 4.33. The second kappa shape index (κ2) is 8.23. The molecule has 0 aromatic heterocycles. The Labute approximate surface area is 143 Å². The summed E-state index contributed by atoms with van der Waals surface area (Å²) < 4.78 is 0. The van der Waals surface area contributed by atoms with E-state index in [-0.39, 0.29) is 11.8 Å². The Balaban J connectivity index is 1.75. The fourth-order valence-electron chi connectivity index (χ4n) is 2.78. The minimum absolute atomic E-state index is 0.184. The van der Waals surface area contributed by atoms with Crippen LogP contribution in [0.2, 0.25) is 0 Å². The molecule has 0 saturated carbocycles. The van der Waals surface area contributed by atoms with Crippen LogP contribution in [0.3, 0.4) is 0 Å². The second-order valence-corrected chi connectivity index (χ2v) is 5.84. The molecule has 2 nitrogen and oxygen atoms in total. The number of Topliss-reactive ketones (excluding diaryl/α,β-unsaturated/α-hetero) is 1. The average molecular weight is 315 g/mol. The Morgan fingerprint density at radius 2 is 1.21 bits per heavy atom. The van der Waals surface area contributed by atoms with Crippen molar-refractivity contribution in [2.24, 2.45) is 0 Å². The van der Waals surface area contributed by atoms with Gasteiger partial charge in [0.1, 0.15) is 0 Å². The van der Waals surface area contributed by atoms with Crippen LogP contribution in [0.1, 0.15) is 22.7 Å². The van der Waals surface area contributed by atoms with Gasteiger partial charge in [0.2, 0.25) is 0 Å². The van der Waals surface area contributed by atoms with E-state index in [0.717, 1.165) is 11.1 Å². The van der Waals surface area contributed by atoms with Crippen LogP contribution < -0.4 is 5.32 Å². The first-order valence-electron chi connectivity index (χ1n) is 8.22. The highest BCUT2D eigenvalue weighted by molar-refractivity contribution is 5.87. The monoisotopic (exact) mass is 315 g/mol. The highest BCUT2D eigenvalue weighted by Crippen LogP contribution is 2.17. The van der Waals surface area contributed by atoms with Gasteiger partial charge in [-0.05, 0) is 16.7 Å². The summed E-state index contributed by atoms with van der Waals surface area (Å²) in [5.41, 5.74) is 3.23. The van der Waals surface area contributed by atoms with Crippen molar-refractivity contribution in [3.63, 3.8) is 0 Å². The zero-order chi connectivity index (χ0) is 16.6. The van der Waals surface area contributed by atoms with Crippen LogP contribution in [0.15, 0.2) is 91.0 Å². The van der Waals surface area contributed by atoms with Crippen molar-refractivity contribution in [1.29, 1.82) is 0 Å². The van der Waals surface area contributed by atoms with Crippen molar-refractivity contribution < 1.29 is 4.79 Å². The highest BCUT2D eigenvalue weighted by Gasteiger charge is 2.20. The number of carbonyl (C=O) groups excluding carboxylic acids is 1. The fourth-order valence-corrected chi connectivity index (χ4v) is 2.78. The van der Waals surface area contributed by atoms with E-state index in [2.05, 4.69) is 17.4 Å². The molecule has 2 heteroatoms. The standard InChI is InChI=1S/C22H21NO/c24-21(16-18-10-4-1-5-11-18)22(20-14-8-3-9-15-20)23-17-19-12-6-2-7-13-19/h1-15,22-23H,16-17H2. The summed E-state index contributed by atoms with van der Waals surface area (Å²) in [6, 6.07) is 29.7. The Hall–Kier alpha value is -2.71. The summed E-state index contributed by atoms with van der Waals surface area (Å²) in [6.07, 6.45) is 0.433. The van der Waals surface area contributed by atoms with Gasteiger partial charge in [-0.15, -0.1) is 0 Å². The smallest absolute Gasteiger partial charge is 0.158 e. The molecule has 24 heavy (non-hydrogen) atoms. The normalized spacial score (nSPS) is 11.8. The van der Waals surface area contributed by atoms with Gasteiger partial charge in [0.25, 0.3) is 0 Å². The van der Waals surface area contributed by atoms with Crippen LogP contribution in [0.4, 0.5) is 0 Å². The van der Waals surface area contributed by atoms with Crippen LogP contribution in [0.5, 0.6) is 0 Å². The Morgan fingerprint density at radius 1 is 0.708 bits per heavy atom. The molecule has 0 aliphatic rings. The number of benzene rings is 3. The summed E-state index contributed by atoms with van der Waals surface area (Å²) in [7, 11) is 0. The topological polar surface area (TPSA) is 29.1 Å². The minimum atomic E-state index is -0.299. The van der Waals surface area contributed by atoms with Crippen LogP contribution in [-0.4, -0.2) is 5.78 Å². The van der Waals surface area contributed by atoms with Gasteiger partial charge in [0.15, 0.2) is 5.78 Å². The molecule has 0 heterocycles. The van der Waals surface area contributed by atoms with Crippen LogP contribution in [0.25, 0.3) is 0 Å². The van der Waals surface area contributed by atoms with Gasteiger partial charge in [-0.25, -0.2) is 0 Å². The third kappa shape index (κ3) is 4.40. The number of rotatable bonds is 7. The molecule has 3 rings (SSSR count). The van der Waals surface area contributed by atoms with E-state index in [1.165, 1.54) is 5.56 Å². The highest BCUT2D eigenvalue weighted by atomic mass is 16.1. The molecule has 120 valence electrons. The van der Waals surface area contributed by atoms with E-state index < -0.39 is 0 Å². The summed E-state index contributed by atoms with van der Waals surface area (Å²) in [5.74, 6) is 0.184. The van der Waals surface area contributed by atoms with E-state index in [0.29, 0.717) is 13.0 Å². The molecule has 0 bridgehead atoms. The zero-order valence-electron chi connectivity index (χ0n) is 13.6. The number of ketones is 1. The Kier molecular flexibility index (Phi) is 5.54. The van der Waals surface area contributed by atoms with Crippen molar-refractivity contribution in [2.75, 3.05) is 0 Å². The molecule has 1 unspecified atom stereocenters. The maximum atomic E-state index is 12.9. The van der Waals surface area contributed by atoms with Crippen molar-refractivity contribution >= 4 is 5.78 Å². The summed E-state index contributed by atoms with van der Waals surface area (Å²) >= 11 is 0. The number of carbonyl (C=O) groups is 1. The molecule has 0 aliphatic heterocycles. The zero-order valence-corrected chi connectivity index (χ0v) is 13.6. The predicted molar refractivity (Wildman–Crippen MR) is 97.6 cm³/mol. The quantitative estimate of drug-likeness (QED) is 0.703. The van der Waals surface area contributed by atoms with Crippen LogP contribution in [-0.2, 0) is 17.8 Å². The van der Waals surface area contributed by atoms with E-state index in [9.17, 15) is 4.79 Å². The van der Waals surface area contributed by atoms with E-state index in [1.54, 1.807) is 0 Å². The molecule has 3 aromatic rings. The van der Waals surface area contributed by atoms with Gasteiger partial charge in [-0.2, -0.15) is 0 Å². The minimum Gasteiger partial charge on any atom is -0.300 e. The number of nitrogens with one attached hydrogen (secondary N) is 1. The molecular weight excluding hydrogens is 294 g/mol. The lowest BCUT2D eigenvalue weighted by Crippen LogP contribution is -2.29. The van der Waals surface area contributed by atoms with Gasteiger partial charge in [-0.3, -0.25) is 10.1 Å². The third-order valence-electron chi connectivity index (χ3n) is 4.03. The molecule has 3 aromatic carbocycles. The number of hydrogen-bond donors (Lipinski definition) is 1. The number of hydrogen-bond acceptors (Lipinski definition) is 2. The first-order valence-corrected chi connectivity index (χ1v) is 8.22. The first-order chi connectivity index (χ1) is 11.8. The molecule has 0 radical (unpaired) electrons. The van der Waals surface area contributed by atoms with Gasteiger partial charge >= 0.3 is 0 Å². The van der Waals surface area contributed by atoms with Crippen molar-refractivity contribution in [1.82, 2.24) is 5.32 Å². The summed E-state index contributed by atoms with van der Waals surface area (Å²) in [6.45, 7) is 0.668.